The molecule has 3 rings (SSSR count). The number of aryl methyl sites for hydroxylation is 2. The molecule has 0 amide bonds. The summed E-state index contributed by atoms with van der Waals surface area (Å²) in [5.74, 6) is -0.0374. The first kappa shape index (κ1) is 14.6. The number of carbonyl (C=O) groups excluding carboxylic acids is 2. The largest absolute Gasteiger partial charge is 0.294 e. The number of carbonyl (C=O) groups is 2. The molecule has 0 radical (unpaired) electrons. The zero-order valence-corrected chi connectivity index (χ0v) is 12.5. The third-order valence-corrected chi connectivity index (χ3v) is 4.20. The Labute approximate surface area is 130 Å². The van der Waals surface area contributed by atoms with E-state index in [1.165, 1.54) is 24.0 Å². The Morgan fingerprint density at radius 3 is 2.45 bits per heavy atom. The molecular formula is C19H19NO2. The van der Waals surface area contributed by atoms with Crippen molar-refractivity contribution in [3.8, 4) is 0 Å². The van der Waals surface area contributed by atoms with Gasteiger partial charge in [-0.25, -0.2) is 0 Å². The van der Waals surface area contributed by atoms with Gasteiger partial charge in [0.1, 0.15) is 5.69 Å². The Morgan fingerprint density at radius 1 is 0.909 bits per heavy atom. The number of aromatic nitrogens is 1. The van der Waals surface area contributed by atoms with Crippen LogP contribution in [0.5, 0.6) is 0 Å². The first-order valence-electron chi connectivity index (χ1n) is 7.83. The number of rotatable bonds is 5. The van der Waals surface area contributed by atoms with E-state index in [1.54, 1.807) is 24.4 Å². The molecule has 1 aromatic heterocycles. The van der Waals surface area contributed by atoms with Crippen molar-refractivity contribution in [2.75, 3.05) is 0 Å². The second-order valence-corrected chi connectivity index (χ2v) is 5.75. The zero-order valence-electron chi connectivity index (χ0n) is 12.5. The predicted molar refractivity (Wildman–Crippen MR) is 85.2 cm³/mol. The number of benzene rings is 1. The van der Waals surface area contributed by atoms with Gasteiger partial charge in [-0.1, -0.05) is 18.2 Å². The minimum absolute atomic E-state index is 0.0395. The molecule has 0 unspecified atom stereocenters. The van der Waals surface area contributed by atoms with Crippen LogP contribution in [0.3, 0.4) is 0 Å². The molecule has 0 bridgehead atoms. The molecule has 1 heterocycles. The number of pyridine rings is 1. The lowest BCUT2D eigenvalue weighted by Gasteiger charge is -2.16. The second-order valence-electron chi connectivity index (χ2n) is 5.75. The maximum absolute atomic E-state index is 12.3. The van der Waals surface area contributed by atoms with Crippen molar-refractivity contribution < 1.29 is 9.59 Å². The highest BCUT2D eigenvalue weighted by Gasteiger charge is 2.15. The summed E-state index contributed by atoms with van der Waals surface area (Å²) in [6, 6.07) is 11.2. The average Bonchev–Trinajstić information content (AvgIpc) is 2.59. The maximum atomic E-state index is 12.3. The van der Waals surface area contributed by atoms with Crippen molar-refractivity contribution in [2.45, 2.75) is 38.5 Å². The summed E-state index contributed by atoms with van der Waals surface area (Å²) in [4.78, 5) is 28.3. The first-order valence-corrected chi connectivity index (χ1v) is 7.83. The van der Waals surface area contributed by atoms with Gasteiger partial charge in [-0.15, -0.1) is 0 Å². The second kappa shape index (κ2) is 6.65. The summed E-state index contributed by atoms with van der Waals surface area (Å²) in [7, 11) is 0. The lowest BCUT2D eigenvalue weighted by atomic mass is 9.89. The van der Waals surface area contributed by atoms with Crippen molar-refractivity contribution in [1.29, 1.82) is 0 Å². The summed E-state index contributed by atoms with van der Waals surface area (Å²) in [6.07, 6.45) is 6.66. The lowest BCUT2D eigenvalue weighted by Crippen LogP contribution is -2.09. The summed E-state index contributed by atoms with van der Waals surface area (Å²) in [6.45, 7) is 0. The van der Waals surface area contributed by atoms with Crippen LogP contribution in [0.15, 0.2) is 42.6 Å². The minimum Gasteiger partial charge on any atom is -0.294 e. The fraction of sp³-hybridized carbons (Fsp3) is 0.316. The van der Waals surface area contributed by atoms with Gasteiger partial charge in [0, 0.05) is 24.6 Å². The van der Waals surface area contributed by atoms with Gasteiger partial charge in [-0.05, 0) is 55.0 Å². The number of fused-ring (bicyclic) bond motifs is 1. The summed E-state index contributed by atoms with van der Waals surface area (Å²) >= 11 is 0. The molecule has 0 spiro atoms. The molecule has 1 aromatic carbocycles. The third-order valence-electron chi connectivity index (χ3n) is 4.20. The summed E-state index contributed by atoms with van der Waals surface area (Å²) in [5.41, 5.74) is 3.83. The van der Waals surface area contributed by atoms with Gasteiger partial charge in [0.25, 0.3) is 0 Å². The quantitative estimate of drug-likeness (QED) is 0.788. The van der Waals surface area contributed by atoms with E-state index in [9.17, 15) is 9.59 Å². The van der Waals surface area contributed by atoms with Gasteiger partial charge in [0.15, 0.2) is 11.6 Å². The molecule has 0 saturated carbocycles. The van der Waals surface area contributed by atoms with Crippen molar-refractivity contribution in [3.63, 3.8) is 0 Å². The van der Waals surface area contributed by atoms with E-state index < -0.39 is 0 Å². The van der Waals surface area contributed by atoms with E-state index in [0.29, 0.717) is 5.69 Å². The number of nitrogens with zero attached hydrogens (tertiary/aromatic N) is 1. The minimum atomic E-state index is -0.0769. The fourth-order valence-electron chi connectivity index (χ4n) is 2.93. The standard InChI is InChI=1S/C19H19NO2/c21-18(10-11-19(22)17-7-3-4-12-20-17)16-9-8-14-5-1-2-6-15(14)13-16/h3-4,7-9,12-13H,1-2,5-6,10-11H2. The maximum Gasteiger partial charge on any atom is 0.181 e. The van der Waals surface area contributed by atoms with Crippen LogP contribution in [0.1, 0.15) is 57.7 Å². The van der Waals surface area contributed by atoms with E-state index >= 15 is 0 Å². The molecule has 1 aliphatic rings. The Kier molecular flexibility index (Phi) is 4.42. The zero-order chi connectivity index (χ0) is 15.4. The Hall–Kier alpha value is -2.29. The van der Waals surface area contributed by atoms with E-state index in [-0.39, 0.29) is 24.4 Å². The highest BCUT2D eigenvalue weighted by Crippen LogP contribution is 2.23. The Morgan fingerprint density at radius 2 is 1.68 bits per heavy atom. The Bertz CT molecular complexity index is 692. The molecule has 3 heteroatoms. The molecule has 1 aliphatic carbocycles. The summed E-state index contributed by atoms with van der Waals surface area (Å²) < 4.78 is 0. The highest BCUT2D eigenvalue weighted by atomic mass is 16.1. The van der Waals surface area contributed by atoms with Gasteiger partial charge in [-0.2, -0.15) is 0 Å². The number of hydrogen-bond donors (Lipinski definition) is 0. The van der Waals surface area contributed by atoms with Gasteiger partial charge in [0.2, 0.25) is 0 Å². The van der Waals surface area contributed by atoms with Gasteiger partial charge in [-0.3, -0.25) is 14.6 Å². The molecule has 112 valence electrons. The van der Waals surface area contributed by atoms with Gasteiger partial charge >= 0.3 is 0 Å². The molecule has 0 N–H and O–H groups in total. The van der Waals surface area contributed by atoms with Crippen molar-refractivity contribution in [3.05, 3.63) is 65.0 Å². The van der Waals surface area contributed by atoms with E-state index in [4.69, 9.17) is 0 Å². The lowest BCUT2D eigenvalue weighted by molar-refractivity contribution is 0.0915. The SMILES string of the molecule is O=C(CCC(=O)c1ccccn1)c1ccc2c(c1)CCCC2. The number of ketones is 2. The molecule has 0 atom stereocenters. The average molecular weight is 293 g/mol. The third kappa shape index (κ3) is 3.30. The number of Topliss-reactive ketones (excluding diaryl/α,β-unsaturated/α-hetero) is 2. The smallest absolute Gasteiger partial charge is 0.181 e. The van der Waals surface area contributed by atoms with Crippen LogP contribution >= 0.6 is 0 Å². The van der Waals surface area contributed by atoms with Crippen LogP contribution in [0.2, 0.25) is 0 Å². The monoisotopic (exact) mass is 293 g/mol. The van der Waals surface area contributed by atoms with Crippen molar-refractivity contribution in [1.82, 2.24) is 4.98 Å². The van der Waals surface area contributed by atoms with Crippen LogP contribution in [-0.2, 0) is 12.8 Å². The molecule has 22 heavy (non-hydrogen) atoms. The van der Waals surface area contributed by atoms with Gasteiger partial charge in [0.05, 0.1) is 0 Å². The molecule has 0 saturated heterocycles. The number of hydrogen-bond acceptors (Lipinski definition) is 3. The van der Waals surface area contributed by atoms with Crippen molar-refractivity contribution >= 4 is 11.6 Å². The molecule has 0 fully saturated rings. The van der Waals surface area contributed by atoms with Crippen LogP contribution in [0.4, 0.5) is 0 Å². The van der Waals surface area contributed by atoms with Crippen molar-refractivity contribution in [2.24, 2.45) is 0 Å². The Balaban J connectivity index is 1.64. The molecule has 0 aliphatic heterocycles. The normalized spacial score (nSPS) is 13.5. The van der Waals surface area contributed by atoms with E-state index in [0.717, 1.165) is 18.4 Å². The summed E-state index contributed by atoms with van der Waals surface area (Å²) in [5, 5.41) is 0. The topological polar surface area (TPSA) is 47.0 Å². The predicted octanol–water partition coefficient (Wildman–Crippen LogP) is 3.81. The fourth-order valence-corrected chi connectivity index (χ4v) is 2.93. The highest BCUT2D eigenvalue weighted by molar-refractivity contribution is 6.01. The van der Waals surface area contributed by atoms with Crippen LogP contribution in [0, 0.1) is 0 Å². The van der Waals surface area contributed by atoms with Crippen LogP contribution in [-0.4, -0.2) is 16.6 Å². The molecular weight excluding hydrogens is 274 g/mol. The van der Waals surface area contributed by atoms with Gasteiger partial charge < -0.3 is 0 Å². The van der Waals surface area contributed by atoms with E-state index in [2.05, 4.69) is 11.1 Å². The van der Waals surface area contributed by atoms with E-state index in [1.807, 2.05) is 12.1 Å². The van der Waals surface area contributed by atoms with Crippen LogP contribution < -0.4 is 0 Å². The first-order chi connectivity index (χ1) is 10.7. The van der Waals surface area contributed by atoms with Crippen LogP contribution in [0.25, 0.3) is 0 Å². The molecule has 3 nitrogen and oxygen atoms in total. The molecule has 2 aromatic rings.